The van der Waals surface area contributed by atoms with E-state index in [1.807, 2.05) is 48.2 Å². The number of carbonyl (C=O) groups is 1. The van der Waals surface area contributed by atoms with Crippen LogP contribution in [-0.2, 0) is 16.8 Å². The maximum Gasteiger partial charge on any atom is 0.226 e. The third kappa shape index (κ3) is 4.40. The largest absolute Gasteiger partial charge is 0.383 e. The Bertz CT molecular complexity index is 1320. The number of H-pyrrole nitrogens is 1. The van der Waals surface area contributed by atoms with Crippen LogP contribution in [0.3, 0.4) is 0 Å². The fraction of sp³-hybridized carbons (Fsp3) is 0.348. The lowest BCUT2D eigenvalue weighted by atomic mass is 9.92. The second-order valence-corrected chi connectivity index (χ2v) is 9.48. The number of nitrogens with zero attached hydrogens (tertiary/aromatic N) is 6. The van der Waals surface area contributed by atoms with Gasteiger partial charge < -0.3 is 10.0 Å². The van der Waals surface area contributed by atoms with Crippen LogP contribution in [0.4, 0.5) is 0 Å². The van der Waals surface area contributed by atoms with E-state index >= 15 is 0 Å². The van der Waals surface area contributed by atoms with Gasteiger partial charge in [-0.2, -0.15) is 15.4 Å². The maximum atomic E-state index is 13.0. The van der Waals surface area contributed by atoms with Crippen molar-refractivity contribution in [3.63, 3.8) is 0 Å². The number of benzene rings is 2. The highest BCUT2D eigenvalue weighted by Gasteiger charge is 2.36. The molecule has 0 bridgehead atoms. The first-order valence-electron chi connectivity index (χ1n) is 10.9. The van der Waals surface area contributed by atoms with E-state index in [2.05, 4.69) is 41.7 Å². The SMILES string of the molecule is Cc1cc(Br)ccc1-n1cc(C2(O)CCCN(C(=O)Cc3ccc4n[nH]nc4c3)CC2)nn1. The Labute approximate surface area is 198 Å². The zero-order valence-corrected chi connectivity index (χ0v) is 19.8. The molecule has 33 heavy (non-hydrogen) atoms. The van der Waals surface area contributed by atoms with Crippen molar-refractivity contribution in [1.29, 1.82) is 0 Å². The number of aromatic amines is 1. The van der Waals surface area contributed by atoms with Crippen molar-refractivity contribution in [2.75, 3.05) is 13.1 Å². The number of likely N-dealkylation sites (tertiary alicyclic amines) is 1. The van der Waals surface area contributed by atoms with Gasteiger partial charge in [0, 0.05) is 17.6 Å². The second kappa shape index (κ2) is 8.68. The molecule has 1 saturated heterocycles. The molecule has 0 radical (unpaired) electrons. The topological polar surface area (TPSA) is 113 Å². The van der Waals surface area contributed by atoms with E-state index in [-0.39, 0.29) is 5.91 Å². The lowest BCUT2D eigenvalue weighted by Gasteiger charge is -2.24. The standard InChI is InChI=1S/C23H24BrN7O2/c1-15-11-17(24)4-6-20(15)31-14-21(27-29-31)23(33)7-2-9-30(10-8-23)22(32)13-16-3-5-18-19(12-16)26-28-25-18/h3-6,11-12,14,33H,2,7-10,13H2,1H3,(H,25,26,28). The molecule has 5 rings (SSSR count). The summed E-state index contributed by atoms with van der Waals surface area (Å²) in [5, 5.41) is 30.7. The van der Waals surface area contributed by atoms with Crippen LogP contribution in [-0.4, -0.2) is 59.4 Å². The number of hydrogen-bond acceptors (Lipinski definition) is 6. The Morgan fingerprint density at radius 2 is 2.00 bits per heavy atom. The summed E-state index contributed by atoms with van der Waals surface area (Å²) in [6, 6.07) is 11.6. The van der Waals surface area contributed by atoms with Gasteiger partial charge in [0.25, 0.3) is 0 Å². The Morgan fingerprint density at radius 3 is 2.85 bits per heavy atom. The molecule has 1 aliphatic rings. The number of nitrogens with one attached hydrogen (secondary N) is 1. The highest BCUT2D eigenvalue weighted by Crippen LogP contribution is 2.32. The summed E-state index contributed by atoms with van der Waals surface area (Å²) in [6.45, 7) is 3.07. The first-order valence-corrected chi connectivity index (χ1v) is 11.7. The molecule has 2 N–H and O–H groups in total. The number of aliphatic hydroxyl groups is 1. The first kappa shape index (κ1) is 21.7. The van der Waals surface area contributed by atoms with Crippen LogP contribution in [0, 0.1) is 6.92 Å². The van der Waals surface area contributed by atoms with Crippen LogP contribution in [0.5, 0.6) is 0 Å². The van der Waals surface area contributed by atoms with Crippen molar-refractivity contribution in [3.8, 4) is 5.69 Å². The Kier molecular flexibility index (Phi) is 5.71. The summed E-state index contributed by atoms with van der Waals surface area (Å²) < 4.78 is 2.69. The molecule has 2 aromatic heterocycles. The molecule has 9 nitrogen and oxygen atoms in total. The van der Waals surface area contributed by atoms with Gasteiger partial charge in [-0.3, -0.25) is 4.79 Å². The maximum absolute atomic E-state index is 13.0. The molecular weight excluding hydrogens is 486 g/mol. The van der Waals surface area contributed by atoms with Crippen molar-refractivity contribution in [2.24, 2.45) is 0 Å². The quantitative estimate of drug-likeness (QED) is 0.437. The second-order valence-electron chi connectivity index (χ2n) is 8.57. The molecule has 1 atom stereocenters. The zero-order valence-electron chi connectivity index (χ0n) is 18.2. The fourth-order valence-corrected chi connectivity index (χ4v) is 4.85. The van der Waals surface area contributed by atoms with Crippen molar-refractivity contribution in [2.45, 2.75) is 38.2 Å². The van der Waals surface area contributed by atoms with E-state index in [0.29, 0.717) is 44.5 Å². The highest BCUT2D eigenvalue weighted by molar-refractivity contribution is 9.10. The molecule has 170 valence electrons. The lowest BCUT2D eigenvalue weighted by molar-refractivity contribution is -0.130. The summed E-state index contributed by atoms with van der Waals surface area (Å²) in [6.07, 6.45) is 3.72. The summed E-state index contributed by atoms with van der Waals surface area (Å²) in [7, 11) is 0. The molecule has 4 aromatic rings. The number of amides is 1. The number of halogens is 1. The minimum atomic E-state index is -1.11. The average molecular weight is 510 g/mol. The van der Waals surface area contributed by atoms with Gasteiger partial charge in [0.05, 0.1) is 18.3 Å². The number of aromatic nitrogens is 6. The predicted octanol–water partition coefficient (Wildman–Crippen LogP) is 3.05. The molecule has 1 amide bonds. The van der Waals surface area contributed by atoms with Gasteiger partial charge in [0.2, 0.25) is 5.91 Å². The van der Waals surface area contributed by atoms with E-state index < -0.39 is 5.60 Å². The first-order chi connectivity index (χ1) is 15.9. The number of fused-ring (bicyclic) bond motifs is 1. The third-order valence-electron chi connectivity index (χ3n) is 6.28. The smallest absolute Gasteiger partial charge is 0.226 e. The summed E-state index contributed by atoms with van der Waals surface area (Å²) in [5.74, 6) is 0.0382. The van der Waals surface area contributed by atoms with E-state index in [9.17, 15) is 9.90 Å². The number of rotatable bonds is 4. The number of aryl methyl sites for hydroxylation is 1. The van der Waals surface area contributed by atoms with Crippen LogP contribution >= 0.6 is 15.9 Å². The van der Waals surface area contributed by atoms with Gasteiger partial charge in [-0.05, 0) is 67.6 Å². The molecule has 1 aliphatic heterocycles. The Balaban J connectivity index is 1.28. The molecule has 0 saturated carbocycles. The number of carbonyl (C=O) groups excluding carboxylic acids is 1. The fourth-order valence-electron chi connectivity index (χ4n) is 4.38. The number of hydrogen-bond donors (Lipinski definition) is 2. The zero-order chi connectivity index (χ0) is 23.0. The van der Waals surface area contributed by atoms with Crippen molar-refractivity contribution < 1.29 is 9.90 Å². The molecule has 1 fully saturated rings. The predicted molar refractivity (Wildman–Crippen MR) is 126 cm³/mol. The van der Waals surface area contributed by atoms with Crippen LogP contribution in [0.1, 0.15) is 36.1 Å². The highest BCUT2D eigenvalue weighted by atomic mass is 79.9. The molecule has 0 aliphatic carbocycles. The molecule has 3 heterocycles. The van der Waals surface area contributed by atoms with E-state index in [1.54, 1.807) is 10.9 Å². The van der Waals surface area contributed by atoms with Gasteiger partial charge in [0.1, 0.15) is 22.3 Å². The van der Waals surface area contributed by atoms with Crippen LogP contribution < -0.4 is 0 Å². The van der Waals surface area contributed by atoms with E-state index in [0.717, 1.165) is 32.3 Å². The van der Waals surface area contributed by atoms with Crippen molar-refractivity contribution in [1.82, 2.24) is 35.3 Å². The molecule has 10 heteroatoms. The minimum absolute atomic E-state index is 0.0382. The van der Waals surface area contributed by atoms with Crippen LogP contribution in [0.25, 0.3) is 16.7 Å². The molecule has 2 aromatic carbocycles. The Hall–Kier alpha value is -3.11. The monoisotopic (exact) mass is 509 g/mol. The van der Waals surface area contributed by atoms with Gasteiger partial charge >= 0.3 is 0 Å². The average Bonchev–Trinajstić information content (AvgIpc) is 3.41. The minimum Gasteiger partial charge on any atom is -0.383 e. The van der Waals surface area contributed by atoms with Gasteiger partial charge in [-0.25, -0.2) is 4.68 Å². The van der Waals surface area contributed by atoms with Gasteiger partial charge in [-0.15, -0.1) is 5.10 Å². The van der Waals surface area contributed by atoms with Crippen molar-refractivity contribution in [3.05, 3.63) is 63.9 Å². The molecule has 0 spiro atoms. The summed E-state index contributed by atoms with van der Waals surface area (Å²) >= 11 is 3.48. The Morgan fingerprint density at radius 1 is 1.15 bits per heavy atom. The summed E-state index contributed by atoms with van der Waals surface area (Å²) in [5.41, 5.74) is 3.80. The van der Waals surface area contributed by atoms with Crippen LogP contribution in [0.15, 0.2) is 47.1 Å². The van der Waals surface area contributed by atoms with E-state index in [4.69, 9.17) is 0 Å². The molecule has 1 unspecified atom stereocenters. The van der Waals surface area contributed by atoms with Gasteiger partial charge in [0.15, 0.2) is 0 Å². The van der Waals surface area contributed by atoms with Gasteiger partial charge in [-0.1, -0.05) is 27.2 Å². The van der Waals surface area contributed by atoms with E-state index in [1.165, 1.54) is 0 Å². The van der Waals surface area contributed by atoms with Crippen molar-refractivity contribution >= 4 is 32.9 Å². The molecular formula is C23H24BrN7O2. The lowest BCUT2D eigenvalue weighted by Crippen LogP contribution is -2.34. The third-order valence-corrected chi connectivity index (χ3v) is 6.77. The van der Waals surface area contributed by atoms with Crippen LogP contribution in [0.2, 0.25) is 0 Å². The normalized spacial score (nSPS) is 19.1. The summed E-state index contributed by atoms with van der Waals surface area (Å²) in [4.78, 5) is 14.8.